The molecule has 0 amide bonds. The maximum absolute atomic E-state index is 4.92. The summed E-state index contributed by atoms with van der Waals surface area (Å²) in [7, 11) is 0. The van der Waals surface area contributed by atoms with Crippen LogP contribution in [0, 0.1) is 0 Å². The molecule has 66 valence electrons. The average Bonchev–Trinajstić information content (AvgIpc) is 2.53. The second-order valence-electron chi connectivity index (χ2n) is 2.35. The Bertz CT molecular complexity index is 416. The van der Waals surface area contributed by atoms with Gasteiger partial charge in [-0.2, -0.15) is 0 Å². The normalized spacial score (nSPS) is 9.50. The van der Waals surface area contributed by atoms with Crippen molar-refractivity contribution in [1.29, 1.82) is 0 Å². The first-order valence-electron chi connectivity index (χ1n) is 3.49. The summed E-state index contributed by atoms with van der Waals surface area (Å²) in [4.78, 5) is 0. The van der Waals surface area contributed by atoms with Crippen LogP contribution in [0.15, 0.2) is 33.9 Å². The molecule has 0 N–H and O–H groups in total. The molecule has 0 spiro atoms. The summed E-state index contributed by atoms with van der Waals surface area (Å²) in [6, 6.07) is 7.59. The Morgan fingerprint density at radius 2 is 1.86 bits per heavy atom. The first kappa shape index (κ1) is 12.1. The molecule has 0 aliphatic rings. The molecule has 0 aliphatic heterocycles. The van der Waals surface area contributed by atoms with Crippen molar-refractivity contribution in [3.05, 3.63) is 28.7 Å². The van der Waals surface area contributed by atoms with Gasteiger partial charge in [0.2, 0.25) is 0 Å². The fourth-order valence-corrected chi connectivity index (χ4v) is 1.37. The van der Waals surface area contributed by atoms with Crippen LogP contribution in [0.25, 0.3) is 5.69 Å². The Labute approximate surface area is 117 Å². The Kier molecular flexibility index (Phi) is 4.46. The van der Waals surface area contributed by atoms with Crippen molar-refractivity contribution in [2.24, 2.45) is 0 Å². The van der Waals surface area contributed by atoms with Crippen LogP contribution in [0.3, 0.4) is 0 Å². The number of hydrogen-bond acceptors (Lipinski definition) is 4. The van der Waals surface area contributed by atoms with E-state index in [1.807, 2.05) is 24.3 Å². The van der Waals surface area contributed by atoms with E-state index in [0.717, 1.165) is 10.2 Å². The van der Waals surface area contributed by atoms with Crippen molar-refractivity contribution in [2.75, 3.05) is 0 Å². The Balaban J connectivity index is 0.000000980. The van der Waals surface area contributed by atoms with E-state index in [2.05, 4.69) is 31.5 Å². The van der Waals surface area contributed by atoms with E-state index in [0.29, 0.717) is 5.16 Å². The molecular formula is C7H4BrN4NaS. The van der Waals surface area contributed by atoms with Crippen LogP contribution < -0.4 is 29.6 Å². The molecule has 1 aromatic heterocycles. The van der Waals surface area contributed by atoms with Gasteiger partial charge in [0.15, 0.2) is 0 Å². The molecule has 0 bridgehead atoms. The molecule has 0 fully saturated rings. The molecule has 0 atom stereocenters. The van der Waals surface area contributed by atoms with E-state index in [9.17, 15) is 0 Å². The average molecular weight is 279 g/mol. The third kappa shape index (κ3) is 2.52. The van der Waals surface area contributed by atoms with E-state index in [-0.39, 0.29) is 29.6 Å². The molecule has 2 rings (SSSR count). The van der Waals surface area contributed by atoms with Crippen molar-refractivity contribution >= 4 is 28.6 Å². The molecular weight excluding hydrogens is 275 g/mol. The largest absolute Gasteiger partial charge is 1.00 e. The summed E-state index contributed by atoms with van der Waals surface area (Å²) in [5, 5.41) is 11.2. The van der Waals surface area contributed by atoms with Gasteiger partial charge in [-0.25, -0.2) is 4.68 Å². The molecule has 7 heteroatoms. The molecule has 1 heterocycles. The van der Waals surface area contributed by atoms with Gasteiger partial charge in [0.1, 0.15) is 0 Å². The Morgan fingerprint density at radius 1 is 1.21 bits per heavy atom. The van der Waals surface area contributed by atoms with E-state index in [1.165, 1.54) is 4.68 Å². The fourth-order valence-electron chi connectivity index (χ4n) is 0.923. The van der Waals surface area contributed by atoms with Crippen LogP contribution >= 0.6 is 15.9 Å². The van der Waals surface area contributed by atoms with Crippen LogP contribution in [0.2, 0.25) is 0 Å². The third-order valence-electron chi connectivity index (χ3n) is 1.51. The Morgan fingerprint density at radius 3 is 2.36 bits per heavy atom. The van der Waals surface area contributed by atoms with Crippen LogP contribution in [0.4, 0.5) is 0 Å². The van der Waals surface area contributed by atoms with Gasteiger partial charge in [0, 0.05) is 9.63 Å². The van der Waals surface area contributed by atoms with Gasteiger partial charge < -0.3 is 12.6 Å². The topological polar surface area (TPSA) is 43.6 Å². The Hall–Kier alpha value is -0.0100. The second kappa shape index (κ2) is 5.18. The number of tetrazole rings is 1. The quantitative estimate of drug-likeness (QED) is 0.463. The predicted molar refractivity (Wildman–Crippen MR) is 52.5 cm³/mol. The summed E-state index contributed by atoms with van der Waals surface area (Å²) in [6.07, 6.45) is 0. The van der Waals surface area contributed by atoms with Gasteiger partial charge >= 0.3 is 29.6 Å². The third-order valence-corrected chi connectivity index (χ3v) is 2.30. The second-order valence-corrected chi connectivity index (χ2v) is 3.63. The van der Waals surface area contributed by atoms with Crippen molar-refractivity contribution in [3.63, 3.8) is 0 Å². The molecule has 0 saturated carbocycles. The molecule has 14 heavy (non-hydrogen) atoms. The minimum atomic E-state index is 0. The van der Waals surface area contributed by atoms with Crippen molar-refractivity contribution in [3.8, 4) is 5.69 Å². The van der Waals surface area contributed by atoms with Crippen LogP contribution in [-0.4, -0.2) is 20.2 Å². The zero-order valence-electron chi connectivity index (χ0n) is 7.38. The van der Waals surface area contributed by atoms with Crippen molar-refractivity contribution in [1.82, 2.24) is 20.2 Å². The summed E-state index contributed by atoms with van der Waals surface area (Å²) in [5.74, 6) is 0. The number of aromatic nitrogens is 4. The molecule has 0 unspecified atom stereocenters. The SMILES string of the molecule is [Na+].[S-]c1nnnn1-c1ccc(Br)cc1. The van der Waals surface area contributed by atoms with Crippen LogP contribution in [0.1, 0.15) is 0 Å². The summed E-state index contributed by atoms with van der Waals surface area (Å²) in [6.45, 7) is 0. The smallest absolute Gasteiger partial charge is 0.738 e. The first-order chi connectivity index (χ1) is 6.27. The molecule has 0 aliphatic carbocycles. The number of benzene rings is 1. The standard InChI is InChI=1S/C7H5BrN4S.Na/c8-5-1-3-6(4-2-5)12-7(13)9-10-11-12;/h1-4H,(H,9,11,13);/q;+1/p-1. The van der Waals surface area contributed by atoms with Gasteiger partial charge in [0.05, 0.1) is 5.69 Å². The number of halogens is 1. The van der Waals surface area contributed by atoms with E-state index in [1.54, 1.807) is 0 Å². The minimum Gasteiger partial charge on any atom is -0.738 e. The predicted octanol–water partition coefficient (Wildman–Crippen LogP) is -1.67. The fraction of sp³-hybridized carbons (Fsp3) is 0. The molecule has 0 radical (unpaired) electrons. The minimum absolute atomic E-state index is 0. The number of rotatable bonds is 1. The van der Waals surface area contributed by atoms with Crippen molar-refractivity contribution in [2.45, 2.75) is 5.16 Å². The first-order valence-corrected chi connectivity index (χ1v) is 4.69. The van der Waals surface area contributed by atoms with Crippen LogP contribution in [0.5, 0.6) is 0 Å². The number of hydrogen-bond donors (Lipinski definition) is 0. The zero-order valence-corrected chi connectivity index (χ0v) is 11.8. The molecule has 0 saturated heterocycles. The van der Waals surface area contributed by atoms with Gasteiger partial charge in [-0.1, -0.05) is 15.9 Å². The van der Waals surface area contributed by atoms with Gasteiger partial charge in [-0.15, -0.1) is 5.10 Å². The van der Waals surface area contributed by atoms with Gasteiger partial charge in [-0.3, -0.25) is 0 Å². The number of nitrogens with zero attached hydrogens (tertiary/aromatic N) is 4. The maximum Gasteiger partial charge on any atom is 1.00 e. The summed E-state index contributed by atoms with van der Waals surface area (Å²) < 4.78 is 2.51. The van der Waals surface area contributed by atoms with Crippen molar-refractivity contribution < 1.29 is 29.6 Å². The van der Waals surface area contributed by atoms with Crippen LogP contribution in [-0.2, 0) is 12.6 Å². The summed E-state index contributed by atoms with van der Waals surface area (Å²) in [5.41, 5.74) is 0.859. The maximum atomic E-state index is 4.92. The molecule has 4 nitrogen and oxygen atoms in total. The zero-order chi connectivity index (χ0) is 9.26. The van der Waals surface area contributed by atoms with E-state index < -0.39 is 0 Å². The summed E-state index contributed by atoms with van der Waals surface area (Å²) >= 11 is 8.26. The van der Waals surface area contributed by atoms with E-state index in [4.69, 9.17) is 12.6 Å². The van der Waals surface area contributed by atoms with Gasteiger partial charge in [0.25, 0.3) is 0 Å². The molecule has 2 aromatic rings. The van der Waals surface area contributed by atoms with E-state index >= 15 is 0 Å². The molecule has 1 aromatic carbocycles. The van der Waals surface area contributed by atoms with Gasteiger partial charge in [-0.05, 0) is 34.7 Å². The monoisotopic (exact) mass is 278 g/mol.